The molecule has 84 valence electrons. The highest BCUT2D eigenvalue weighted by Gasteiger charge is 2.10. The minimum atomic E-state index is -3.13. The zero-order valence-electron chi connectivity index (χ0n) is 9.10. The minimum absolute atomic E-state index is 0.0725. The Morgan fingerprint density at radius 3 is 2.60 bits per heavy atom. The van der Waals surface area contributed by atoms with Crippen molar-refractivity contribution in [1.82, 2.24) is 0 Å². The lowest BCUT2D eigenvalue weighted by atomic mass is 10.0. The first-order chi connectivity index (χ1) is 6.95. The molecule has 0 saturated carbocycles. The Bertz CT molecular complexity index is 426. The normalized spacial score (nSPS) is 13.8. The standard InChI is InChI=1S/C11H17NO2S/c1-3-5-11(12)9-6-4-7-10(8-9)15(2,13)14/h4,6-8,11H,3,5,12H2,1-2H3. The van der Waals surface area contributed by atoms with Gasteiger partial charge in [0.2, 0.25) is 0 Å². The Kier molecular flexibility index (Phi) is 3.88. The number of rotatable bonds is 4. The number of hydrogen-bond acceptors (Lipinski definition) is 3. The van der Waals surface area contributed by atoms with Gasteiger partial charge in [0.25, 0.3) is 0 Å². The van der Waals surface area contributed by atoms with Gasteiger partial charge in [-0.15, -0.1) is 0 Å². The summed E-state index contributed by atoms with van der Waals surface area (Å²) in [5.41, 5.74) is 6.81. The Morgan fingerprint density at radius 2 is 2.07 bits per heavy atom. The average molecular weight is 227 g/mol. The molecule has 3 nitrogen and oxygen atoms in total. The lowest BCUT2D eigenvalue weighted by molar-refractivity contribution is 0.600. The van der Waals surface area contributed by atoms with E-state index in [-0.39, 0.29) is 6.04 Å². The zero-order chi connectivity index (χ0) is 11.5. The maximum Gasteiger partial charge on any atom is 0.175 e. The van der Waals surface area contributed by atoms with Crippen LogP contribution in [0.1, 0.15) is 31.4 Å². The topological polar surface area (TPSA) is 60.2 Å². The van der Waals surface area contributed by atoms with Crippen LogP contribution < -0.4 is 5.73 Å². The van der Waals surface area contributed by atoms with Gasteiger partial charge in [0.15, 0.2) is 9.84 Å². The third-order valence-corrected chi connectivity index (χ3v) is 3.42. The van der Waals surface area contributed by atoms with E-state index in [1.54, 1.807) is 18.2 Å². The second kappa shape index (κ2) is 4.77. The van der Waals surface area contributed by atoms with Gasteiger partial charge in [-0.1, -0.05) is 25.5 Å². The molecule has 1 unspecified atom stereocenters. The Balaban J connectivity index is 3.03. The highest BCUT2D eigenvalue weighted by atomic mass is 32.2. The number of hydrogen-bond donors (Lipinski definition) is 1. The molecule has 0 spiro atoms. The van der Waals surface area contributed by atoms with Gasteiger partial charge in [-0.3, -0.25) is 0 Å². The van der Waals surface area contributed by atoms with E-state index in [1.807, 2.05) is 6.07 Å². The number of nitrogens with two attached hydrogens (primary N) is 1. The SMILES string of the molecule is CCCC(N)c1cccc(S(C)(=O)=O)c1. The van der Waals surface area contributed by atoms with E-state index in [1.165, 1.54) is 6.26 Å². The predicted molar refractivity (Wildman–Crippen MR) is 61.4 cm³/mol. The summed E-state index contributed by atoms with van der Waals surface area (Å²) in [5.74, 6) is 0. The van der Waals surface area contributed by atoms with E-state index in [2.05, 4.69) is 6.92 Å². The molecular weight excluding hydrogens is 210 g/mol. The van der Waals surface area contributed by atoms with Gasteiger partial charge in [0.1, 0.15) is 0 Å². The van der Waals surface area contributed by atoms with Crippen LogP contribution in [0.5, 0.6) is 0 Å². The van der Waals surface area contributed by atoms with Gasteiger partial charge in [-0.2, -0.15) is 0 Å². The number of sulfone groups is 1. The zero-order valence-corrected chi connectivity index (χ0v) is 9.92. The Morgan fingerprint density at radius 1 is 1.40 bits per heavy atom. The Labute approximate surface area is 91.2 Å². The third kappa shape index (κ3) is 3.32. The van der Waals surface area contributed by atoms with E-state index >= 15 is 0 Å². The molecule has 0 heterocycles. The molecule has 0 radical (unpaired) electrons. The minimum Gasteiger partial charge on any atom is -0.324 e. The molecule has 2 N–H and O–H groups in total. The number of benzene rings is 1. The lowest BCUT2D eigenvalue weighted by Crippen LogP contribution is -2.10. The summed E-state index contributed by atoms with van der Waals surface area (Å²) in [6.07, 6.45) is 3.06. The van der Waals surface area contributed by atoms with Crippen molar-refractivity contribution in [3.8, 4) is 0 Å². The second-order valence-corrected chi connectivity index (χ2v) is 5.76. The van der Waals surface area contributed by atoms with Gasteiger partial charge < -0.3 is 5.73 Å². The molecular formula is C11H17NO2S. The fourth-order valence-electron chi connectivity index (χ4n) is 1.45. The highest BCUT2D eigenvalue weighted by molar-refractivity contribution is 7.90. The van der Waals surface area contributed by atoms with Crippen LogP contribution in [0.3, 0.4) is 0 Å². The van der Waals surface area contributed by atoms with Crippen LogP contribution in [0, 0.1) is 0 Å². The molecule has 0 amide bonds. The van der Waals surface area contributed by atoms with Crippen molar-refractivity contribution in [3.05, 3.63) is 29.8 Å². The van der Waals surface area contributed by atoms with E-state index in [4.69, 9.17) is 5.73 Å². The molecule has 0 aromatic heterocycles. The van der Waals surface area contributed by atoms with Crippen molar-refractivity contribution in [2.45, 2.75) is 30.7 Å². The maximum absolute atomic E-state index is 11.3. The summed E-state index contributed by atoms with van der Waals surface area (Å²) >= 11 is 0. The molecule has 0 aliphatic heterocycles. The summed E-state index contributed by atoms with van der Waals surface area (Å²) in [5, 5.41) is 0. The molecule has 1 rings (SSSR count). The molecule has 4 heteroatoms. The summed E-state index contributed by atoms with van der Waals surface area (Å²) in [6, 6.07) is 6.79. The lowest BCUT2D eigenvalue weighted by Gasteiger charge is -2.11. The fraction of sp³-hybridized carbons (Fsp3) is 0.455. The largest absolute Gasteiger partial charge is 0.324 e. The van der Waals surface area contributed by atoms with Crippen molar-refractivity contribution in [3.63, 3.8) is 0 Å². The summed E-state index contributed by atoms with van der Waals surface area (Å²) in [7, 11) is -3.13. The first-order valence-corrected chi connectivity index (χ1v) is 6.90. The average Bonchev–Trinajstić information content (AvgIpc) is 2.17. The van der Waals surface area contributed by atoms with Crippen LogP contribution in [0.15, 0.2) is 29.2 Å². The molecule has 0 saturated heterocycles. The summed E-state index contributed by atoms with van der Waals surface area (Å²) in [6.45, 7) is 2.06. The molecule has 0 bridgehead atoms. The summed E-state index contributed by atoms with van der Waals surface area (Å²) < 4.78 is 22.6. The van der Waals surface area contributed by atoms with Crippen LogP contribution in [-0.2, 0) is 9.84 Å². The van der Waals surface area contributed by atoms with Gasteiger partial charge in [0.05, 0.1) is 4.90 Å². The van der Waals surface area contributed by atoms with Crippen LogP contribution >= 0.6 is 0 Å². The van der Waals surface area contributed by atoms with E-state index in [0.717, 1.165) is 18.4 Å². The van der Waals surface area contributed by atoms with Crippen molar-refractivity contribution in [2.75, 3.05) is 6.26 Å². The van der Waals surface area contributed by atoms with Gasteiger partial charge >= 0.3 is 0 Å². The molecule has 0 aliphatic rings. The smallest absolute Gasteiger partial charge is 0.175 e. The highest BCUT2D eigenvalue weighted by Crippen LogP contribution is 2.19. The van der Waals surface area contributed by atoms with Crippen LogP contribution in [0.25, 0.3) is 0 Å². The molecule has 1 aromatic carbocycles. The first kappa shape index (κ1) is 12.2. The Hall–Kier alpha value is -0.870. The molecule has 15 heavy (non-hydrogen) atoms. The van der Waals surface area contributed by atoms with Crippen molar-refractivity contribution >= 4 is 9.84 Å². The van der Waals surface area contributed by atoms with Gasteiger partial charge in [0, 0.05) is 12.3 Å². The fourth-order valence-corrected chi connectivity index (χ4v) is 2.13. The van der Waals surface area contributed by atoms with Gasteiger partial charge in [-0.05, 0) is 24.1 Å². The summed E-state index contributed by atoms with van der Waals surface area (Å²) in [4.78, 5) is 0.339. The second-order valence-electron chi connectivity index (χ2n) is 3.74. The van der Waals surface area contributed by atoms with Crippen LogP contribution in [0.4, 0.5) is 0 Å². The van der Waals surface area contributed by atoms with Crippen molar-refractivity contribution in [1.29, 1.82) is 0 Å². The van der Waals surface area contributed by atoms with E-state index < -0.39 is 9.84 Å². The maximum atomic E-state index is 11.3. The molecule has 1 aromatic rings. The van der Waals surface area contributed by atoms with Crippen molar-refractivity contribution < 1.29 is 8.42 Å². The van der Waals surface area contributed by atoms with Crippen molar-refractivity contribution in [2.24, 2.45) is 5.73 Å². The molecule has 0 fully saturated rings. The quantitative estimate of drug-likeness (QED) is 0.854. The predicted octanol–water partition coefficient (Wildman–Crippen LogP) is 1.89. The molecule has 1 atom stereocenters. The monoisotopic (exact) mass is 227 g/mol. The van der Waals surface area contributed by atoms with E-state index in [0.29, 0.717) is 4.90 Å². The third-order valence-electron chi connectivity index (χ3n) is 2.31. The van der Waals surface area contributed by atoms with Crippen LogP contribution in [0.2, 0.25) is 0 Å². The van der Waals surface area contributed by atoms with Gasteiger partial charge in [-0.25, -0.2) is 8.42 Å². The first-order valence-electron chi connectivity index (χ1n) is 5.00. The molecule has 0 aliphatic carbocycles. The van der Waals surface area contributed by atoms with Crippen LogP contribution in [-0.4, -0.2) is 14.7 Å². The van der Waals surface area contributed by atoms with E-state index in [9.17, 15) is 8.42 Å².